The van der Waals surface area contributed by atoms with Crippen molar-refractivity contribution in [1.29, 1.82) is 0 Å². The van der Waals surface area contributed by atoms with Crippen LogP contribution >= 0.6 is 0 Å². The molecule has 1 aliphatic rings. The van der Waals surface area contributed by atoms with E-state index in [1.54, 1.807) is 0 Å². The maximum atomic E-state index is 5.93. The van der Waals surface area contributed by atoms with Crippen molar-refractivity contribution in [2.24, 2.45) is 0 Å². The lowest BCUT2D eigenvalue weighted by atomic mass is 10.0. The van der Waals surface area contributed by atoms with Crippen LogP contribution in [0.15, 0.2) is 18.3 Å². The number of nitrogens with zero attached hydrogens (tertiary/aromatic N) is 2. The first kappa shape index (κ1) is 15.1. The molecule has 2 heterocycles. The van der Waals surface area contributed by atoms with Crippen LogP contribution in [-0.4, -0.2) is 36.8 Å². The molecule has 20 heavy (non-hydrogen) atoms. The largest absolute Gasteiger partial charge is 0.487 e. The summed E-state index contributed by atoms with van der Waals surface area (Å²) in [6.45, 7) is 9.38. The minimum absolute atomic E-state index is 0.176. The van der Waals surface area contributed by atoms with Crippen LogP contribution in [0.5, 0.6) is 5.75 Å². The van der Waals surface area contributed by atoms with Crippen LogP contribution in [0.1, 0.15) is 40.0 Å². The third-order valence-electron chi connectivity index (χ3n) is 3.64. The molecule has 1 aromatic heterocycles. The summed E-state index contributed by atoms with van der Waals surface area (Å²) in [7, 11) is 0. The Morgan fingerprint density at radius 2 is 2.30 bits per heavy atom. The Morgan fingerprint density at radius 1 is 1.45 bits per heavy atom. The van der Waals surface area contributed by atoms with Gasteiger partial charge in [0.1, 0.15) is 0 Å². The Hall–Kier alpha value is -1.29. The third-order valence-corrected chi connectivity index (χ3v) is 3.64. The SMILES string of the molecule is CCNCC1CCCCN1c1ncccc1OC(C)C. The van der Waals surface area contributed by atoms with Gasteiger partial charge >= 0.3 is 0 Å². The molecule has 1 atom stereocenters. The predicted molar refractivity (Wildman–Crippen MR) is 83.5 cm³/mol. The summed E-state index contributed by atoms with van der Waals surface area (Å²) >= 11 is 0. The van der Waals surface area contributed by atoms with E-state index in [1.165, 1.54) is 19.3 Å². The predicted octanol–water partition coefficient (Wildman–Crippen LogP) is 2.84. The van der Waals surface area contributed by atoms with E-state index >= 15 is 0 Å². The maximum Gasteiger partial charge on any atom is 0.171 e. The van der Waals surface area contributed by atoms with Crippen molar-refractivity contribution < 1.29 is 4.74 Å². The number of nitrogens with one attached hydrogen (secondary N) is 1. The number of ether oxygens (including phenoxy) is 1. The molecule has 1 fully saturated rings. The second-order valence-corrected chi connectivity index (χ2v) is 5.64. The van der Waals surface area contributed by atoms with Crippen molar-refractivity contribution in [3.05, 3.63) is 18.3 Å². The Balaban J connectivity index is 2.18. The highest BCUT2D eigenvalue weighted by Crippen LogP contribution is 2.31. The van der Waals surface area contributed by atoms with Gasteiger partial charge in [0.25, 0.3) is 0 Å². The molecule has 112 valence electrons. The molecule has 4 heteroatoms. The molecule has 0 saturated carbocycles. The van der Waals surface area contributed by atoms with Crippen LogP contribution in [0.25, 0.3) is 0 Å². The molecule has 0 bridgehead atoms. The molecule has 4 nitrogen and oxygen atoms in total. The number of anilines is 1. The lowest BCUT2D eigenvalue weighted by Gasteiger charge is -2.37. The summed E-state index contributed by atoms with van der Waals surface area (Å²) < 4.78 is 5.93. The van der Waals surface area contributed by atoms with Gasteiger partial charge < -0.3 is 15.0 Å². The zero-order chi connectivity index (χ0) is 14.4. The van der Waals surface area contributed by atoms with Gasteiger partial charge in [-0.05, 0) is 51.8 Å². The van der Waals surface area contributed by atoms with Gasteiger partial charge in [-0.1, -0.05) is 6.92 Å². The molecular formula is C16H27N3O. The van der Waals surface area contributed by atoms with Gasteiger partial charge in [-0.15, -0.1) is 0 Å². The standard InChI is InChI=1S/C16H27N3O/c1-4-17-12-14-8-5-6-11-19(14)16-15(20-13(2)3)9-7-10-18-16/h7,9-10,13-14,17H,4-6,8,11-12H2,1-3H3. The molecule has 0 amide bonds. The second-order valence-electron chi connectivity index (χ2n) is 5.64. The van der Waals surface area contributed by atoms with Crippen molar-refractivity contribution in [1.82, 2.24) is 10.3 Å². The van der Waals surface area contributed by atoms with E-state index in [2.05, 4.69) is 36.0 Å². The highest BCUT2D eigenvalue weighted by molar-refractivity contribution is 5.53. The van der Waals surface area contributed by atoms with Crippen LogP contribution in [0.2, 0.25) is 0 Å². The number of hydrogen-bond donors (Lipinski definition) is 1. The van der Waals surface area contributed by atoms with Crippen LogP contribution in [0, 0.1) is 0 Å². The van der Waals surface area contributed by atoms with Gasteiger partial charge in [0, 0.05) is 25.3 Å². The molecule has 0 aromatic carbocycles. The molecule has 1 saturated heterocycles. The number of piperidine rings is 1. The lowest BCUT2D eigenvalue weighted by molar-refractivity contribution is 0.241. The topological polar surface area (TPSA) is 37.4 Å². The van der Waals surface area contributed by atoms with Crippen molar-refractivity contribution in [2.75, 3.05) is 24.5 Å². The summed E-state index contributed by atoms with van der Waals surface area (Å²) in [5, 5.41) is 3.47. The van der Waals surface area contributed by atoms with Gasteiger partial charge in [-0.3, -0.25) is 0 Å². The van der Waals surface area contributed by atoms with E-state index in [9.17, 15) is 0 Å². The van der Waals surface area contributed by atoms with Gasteiger partial charge in [0.05, 0.1) is 6.10 Å². The van der Waals surface area contributed by atoms with Gasteiger partial charge in [0.2, 0.25) is 0 Å². The molecule has 1 unspecified atom stereocenters. The first-order chi connectivity index (χ1) is 9.72. The monoisotopic (exact) mass is 277 g/mol. The number of hydrogen-bond acceptors (Lipinski definition) is 4. The van der Waals surface area contributed by atoms with Crippen LogP contribution in [0.4, 0.5) is 5.82 Å². The summed E-state index contributed by atoms with van der Waals surface area (Å²) in [6, 6.07) is 4.50. The Labute approximate surface area is 122 Å². The summed E-state index contributed by atoms with van der Waals surface area (Å²) in [4.78, 5) is 7.01. The van der Waals surface area contributed by atoms with Crippen LogP contribution < -0.4 is 15.0 Å². The van der Waals surface area contributed by atoms with E-state index in [4.69, 9.17) is 4.74 Å². The van der Waals surface area contributed by atoms with Crippen molar-refractivity contribution in [3.8, 4) is 5.75 Å². The zero-order valence-electron chi connectivity index (χ0n) is 12.9. The third kappa shape index (κ3) is 3.85. The number of aromatic nitrogens is 1. The van der Waals surface area contributed by atoms with Crippen LogP contribution in [0.3, 0.4) is 0 Å². The van der Waals surface area contributed by atoms with Gasteiger partial charge in [0.15, 0.2) is 11.6 Å². The van der Waals surface area contributed by atoms with Crippen molar-refractivity contribution in [2.45, 2.75) is 52.2 Å². The summed E-state index contributed by atoms with van der Waals surface area (Å²) in [5.41, 5.74) is 0. The summed E-state index contributed by atoms with van der Waals surface area (Å²) in [5.74, 6) is 1.91. The smallest absolute Gasteiger partial charge is 0.171 e. The average Bonchev–Trinajstić information content (AvgIpc) is 2.45. The van der Waals surface area contributed by atoms with E-state index in [0.717, 1.165) is 31.2 Å². The van der Waals surface area contributed by atoms with E-state index in [1.807, 2.05) is 18.3 Å². The van der Waals surface area contributed by atoms with Gasteiger partial charge in [-0.2, -0.15) is 0 Å². The fourth-order valence-electron chi connectivity index (χ4n) is 2.75. The number of likely N-dealkylation sites (N-methyl/N-ethyl adjacent to an activating group) is 1. The quantitative estimate of drug-likeness (QED) is 0.867. The maximum absolute atomic E-state index is 5.93. The second kappa shape index (κ2) is 7.48. The van der Waals surface area contributed by atoms with Gasteiger partial charge in [-0.25, -0.2) is 4.98 Å². The molecule has 1 aliphatic heterocycles. The zero-order valence-corrected chi connectivity index (χ0v) is 12.9. The molecule has 0 aliphatic carbocycles. The Morgan fingerprint density at radius 3 is 3.05 bits per heavy atom. The molecule has 0 spiro atoms. The first-order valence-electron chi connectivity index (χ1n) is 7.81. The normalized spacial score (nSPS) is 19.4. The Bertz CT molecular complexity index is 408. The fourth-order valence-corrected chi connectivity index (χ4v) is 2.75. The van der Waals surface area contributed by atoms with Crippen LogP contribution in [-0.2, 0) is 0 Å². The number of rotatable bonds is 6. The minimum Gasteiger partial charge on any atom is -0.487 e. The molecule has 0 radical (unpaired) electrons. The molecular weight excluding hydrogens is 250 g/mol. The average molecular weight is 277 g/mol. The highest BCUT2D eigenvalue weighted by Gasteiger charge is 2.25. The minimum atomic E-state index is 0.176. The van der Waals surface area contributed by atoms with E-state index in [-0.39, 0.29) is 6.10 Å². The number of pyridine rings is 1. The van der Waals surface area contributed by atoms with Crippen molar-refractivity contribution >= 4 is 5.82 Å². The summed E-state index contributed by atoms with van der Waals surface area (Å²) in [6.07, 6.45) is 5.81. The van der Waals surface area contributed by atoms with E-state index in [0.29, 0.717) is 6.04 Å². The van der Waals surface area contributed by atoms with Crippen molar-refractivity contribution in [3.63, 3.8) is 0 Å². The lowest BCUT2D eigenvalue weighted by Crippen LogP contribution is -2.46. The molecule has 1 N–H and O–H groups in total. The fraction of sp³-hybridized carbons (Fsp3) is 0.688. The molecule has 2 rings (SSSR count). The van der Waals surface area contributed by atoms with E-state index < -0.39 is 0 Å². The Kier molecular flexibility index (Phi) is 5.65. The molecule has 1 aromatic rings. The first-order valence-corrected chi connectivity index (χ1v) is 7.81. The highest BCUT2D eigenvalue weighted by atomic mass is 16.5.